The molecular weight excluding hydrogens is 288 g/mol. The Bertz CT molecular complexity index is 634. The van der Waals surface area contributed by atoms with Gasteiger partial charge in [0.25, 0.3) is 0 Å². The highest BCUT2D eigenvalue weighted by molar-refractivity contribution is 6.31. The summed E-state index contributed by atoms with van der Waals surface area (Å²) in [6.07, 6.45) is 2.40. The quantitative estimate of drug-likeness (QED) is 0.790. The largest absolute Gasteiger partial charge is 0.356 e. The maximum absolute atomic E-state index is 11.8. The molecule has 1 aromatic heterocycles. The van der Waals surface area contributed by atoms with Crippen molar-refractivity contribution < 1.29 is 4.79 Å². The summed E-state index contributed by atoms with van der Waals surface area (Å²) in [7, 11) is 0. The number of fused-ring (bicyclic) bond motifs is 1. The Balaban J connectivity index is 1.48. The van der Waals surface area contributed by atoms with E-state index in [1.54, 1.807) is 0 Å². The average molecular weight is 307 g/mol. The van der Waals surface area contributed by atoms with Gasteiger partial charge in [-0.2, -0.15) is 0 Å². The molecule has 1 saturated heterocycles. The third-order valence-corrected chi connectivity index (χ3v) is 4.05. The molecule has 0 radical (unpaired) electrons. The minimum Gasteiger partial charge on any atom is -0.356 e. The lowest BCUT2D eigenvalue weighted by molar-refractivity contribution is -0.121. The number of nitrogens with zero attached hydrogens (tertiary/aromatic N) is 1. The molecule has 1 fully saturated rings. The fourth-order valence-corrected chi connectivity index (χ4v) is 2.87. The van der Waals surface area contributed by atoms with Gasteiger partial charge in [-0.05, 0) is 43.6 Å². The van der Waals surface area contributed by atoms with Crippen LogP contribution in [-0.4, -0.2) is 35.5 Å². The second kappa shape index (κ2) is 6.45. The summed E-state index contributed by atoms with van der Waals surface area (Å²) in [5.41, 5.74) is 1.83. The van der Waals surface area contributed by atoms with E-state index in [9.17, 15) is 4.79 Å². The van der Waals surface area contributed by atoms with Gasteiger partial charge in [0.05, 0.1) is 11.0 Å². The normalized spacial score (nSPS) is 18.2. The predicted octanol–water partition coefficient (Wildman–Crippen LogP) is 1.87. The van der Waals surface area contributed by atoms with Crippen LogP contribution in [-0.2, 0) is 11.2 Å². The van der Waals surface area contributed by atoms with Crippen molar-refractivity contribution in [1.82, 2.24) is 20.6 Å². The molecular formula is C15H19ClN4O. The molecule has 1 aliphatic heterocycles. The maximum atomic E-state index is 11.8. The van der Waals surface area contributed by atoms with Crippen molar-refractivity contribution in [2.45, 2.75) is 19.3 Å². The number of H-pyrrole nitrogens is 1. The Labute approximate surface area is 128 Å². The Kier molecular flexibility index (Phi) is 4.41. The van der Waals surface area contributed by atoms with Gasteiger partial charge < -0.3 is 15.6 Å². The highest BCUT2D eigenvalue weighted by Crippen LogP contribution is 2.17. The van der Waals surface area contributed by atoms with Gasteiger partial charge in [-0.25, -0.2) is 4.98 Å². The third kappa shape index (κ3) is 3.74. The molecule has 112 valence electrons. The smallest absolute Gasteiger partial charge is 0.220 e. The van der Waals surface area contributed by atoms with Crippen molar-refractivity contribution in [2.24, 2.45) is 5.92 Å². The van der Waals surface area contributed by atoms with E-state index in [0.717, 1.165) is 36.4 Å². The van der Waals surface area contributed by atoms with Crippen LogP contribution in [0.4, 0.5) is 0 Å². The van der Waals surface area contributed by atoms with Crippen molar-refractivity contribution >= 4 is 28.5 Å². The number of nitrogens with one attached hydrogen (secondary N) is 3. The van der Waals surface area contributed by atoms with E-state index >= 15 is 0 Å². The second-order valence-electron chi connectivity index (χ2n) is 5.51. The van der Waals surface area contributed by atoms with Crippen molar-refractivity contribution in [3.8, 4) is 0 Å². The summed E-state index contributed by atoms with van der Waals surface area (Å²) in [4.78, 5) is 19.5. The first-order chi connectivity index (χ1) is 10.2. The lowest BCUT2D eigenvalue weighted by Crippen LogP contribution is -2.28. The summed E-state index contributed by atoms with van der Waals surface area (Å²) in [5, 5.41) is 6.93. The first-order valence-corrected chi connectivity index (χ1v) is 7.70. The molecule has 1 amide bonds. The van der Waals surface area contributed by atoms with Crippen molar-refractivity contribution in [2.75, 3.05) is 19.6 Å². The van der Waals surface area contributed by atoms with Crippen molar-refractivity contribution in [1.29, 1.82) is 0 Å². The third-order valence-electron chi connectivity index (χ3n) is 3.81. The van der Waals surface area contributed by atoms with Crippen LogP contribution in [0.2, 0.25) is 5.02 Å². The van der Waals surface area contributed by atoms with E-state index in [-0.39, 0.29) is 5.91 Å². The summed E-state index contributed by atoms with van der Waals surface area (Å²) in [6.45, 7) is 2.59. The Morgan fingerprint density at radius 3 is 3.19 bits per heavy atom. The first kappa shape index (κ1) is 14.4. The van der Waals surface area contributed by atoms with Crippen LogP contribution < -0.4 is 10.6 Å². The molecule has 21 heavy (non-hydrogen) atoms. The highest BCUT2D eigenvalue weighted by atomic mass is 35.5. The monoisotopic (exact) mass is 306 g/mol. The van der Waals surface area contributed by atoms with Crippen molar-refractivity contribution in [3.63, 3.8) is 0 Å². The van der Waals surface area contributed by atoms with E-state index in [4.69, 9.17) is 11.6 Å². The van der Waals surface area contributed by atoms with E-state index in [1.807, 2.05) is 18.2 Å². The zero-order chi connectivity index (χ0) is 14.7. The minimum absolute atomic E-state index is 0.128. The Morgan fingerprint density at radius 1 is 1.48 bits per heavy atom. The number of carbonyl (C=O) groups excluding carboxylic acids is 1. The number of amides is 1. The standard InChI is InChI=1S/C15H19ClN4O/c16-11-1-2-12-13(8-11)20-14(19-12)4-6-18-15(21)7-10-3-5-17-9-10/h1-2,8,10,17H,3-7,9H2,(H,18,21)(H,19,20)/t10-/m1/s1. The molecule has 5 nitrogen and oxygen atoms in total. The molecule has 1 atom stereocenters. The molecule has 0 saturated carbocycles. The van der Waals surface area contributed by atoms with Crippen LogP contribution in [0.15, 0.2) is 18.2 Å². The fraction of sp³-hybridized carbons (Fsp3) is 0.467. The van der Waals surface area contributed by atoms with Gasteiger partial charge in [0, 0.05) is 24.4 Å². The summed E-state index contributed by atoms with van der Waals surface area (Å²) < 4.78 is 0. The van der Waals surface area contributed by atoms with Gasteiger partial charge >= 0.3 is 0 Å². The lowest BCUT2D eigenvalue weighted by Gasteiger charge is -2.08. The predicted molar refractivity (Wildman–Crippen MR) is 83.4 cm³/mol. The van der Waals surface area contributed by atoms with Gasteiger partial charge in [0.1, 0.15) is 5.82 Å². The molecule has 3 rings (SSSR count). The van der Waals surface area contributed by atoms with Crippen LogP contribution in [0.1, 0.15) is 18.7 Å². The maximum Gasteiger partial charge on any atom is 0.220 e. The van der Waals surface area contributed by atoms with Gasteiger partial charge in [-0.15, -0.1) is 0 Å². The SMILES string of the molecule is O=C(C[C@H]1CCNC1)NCCc1nc2ccc(Cl)cc2[nH]1. The topological polar surface area (TPSA) is 69.8 Å². The fourth-order valence-electron chi connectivity index (χ4n) is 2.70. The molecule has 0 unspecified atom stereocenters. The van der Waals surface area contributed by atoms with Crippen LogP contribution in [0.25, 0.3) is 11.0 Å². The molecule has 2 aromatic rings. The highest BCUT2D eigenvalue weighted by Gasteiger charge is 2.17. The number of hydrogen-bond donors (Lipinski definition) is 3. The molecule has 0 spiro atoms. The second-order valence-corrected chi connectivity index (χ2v) is 5.94. The van der Waals surface area contributed by atoms with Gasteiger partial charge in [-0.3, -0.25) is 4.79 Å². The number of imidazole rings is 1. The van der Waals surface area contributed by atoms with Gasteiger partial charge in [0.2, 0.25) is 5.91 Å². The van der Waals surface area contributed by atoms with Gasteiger partial charge in [-0.1, -0.05) is 11.6 Å². The number of aromatic amines is 1. The zero-order valence-corrected chi connectivity index (χ0v) is 12.5. The van der Waals surface area contributed by atoms with Crippen LogP contribution in [0, 0.1) is 5.92 Å². The Morgan fingerprint density at radius 2 is 2.38 bits per heavy atom. The molecule has 1 aromatic carbocycles. The number of rotatable bonds is 5. The van der Waals surface area contributed by atoms with Crippen molar-refractivity contribution in [3.05, 3.63) is 29.0 Å². The van der Waals surface area contributed by atoms with Gasteiger partial charge in [0.15, 0.2) is 0 Å². The molecule has 0 bridgehead atoms. The number of aromatic nitrogens is 2. The minimum atomic E-state index is 0.128. The molecule has 3 N–H and O–H groups in total. The number of halogens is 1. The molecule has 1 aliphatic rings. The average Bonchev–Trinajstić information content (AvgIpc) is 3.07. The van der Waals surface area contributed by atoms with E-state index in [2.05, 4.69) is 20.6 Å². The van der Waals surface area contributed by atoms with Crippen LogP contribution >= 0.6 is 11.6 Å². The summed E-state index contributed by atoms with van der Waals surface area (Å²) >= 11 is 5.94. The summed E-state index contributed by atoms with van der Waals surface area (Å²) in [6, 6.07) is 5.58. The molecule has 6 heteroatoms. The Hall–Kier alpha value is -1.59. The van der Waals surface area contributed by atoms with Crippen LogP contribution in [0.3, 0.4) is 0 Å². The molecule has 2 heterocycles. The first-order valence-electron chi connectivity index (χ1n) is 7.32. The number of benzene rings is 1. The number of hydrogen-bond acceptors (Lipinski definition) is 3. The lowest BCUT2D eigenvalue weighted by atomic mass is 10.0. The zero-order valence-electron chi connectivity index (χ0n) is 11.8. The van der Waals surface area contributed by atoms with E-state index < -0.39 is 0 Å². The summed E-state index contributed by atoms with van der Waals surface area (Å²) in [5.74, 6) is 1.48. The van der Waals surface area contributed by atoms with E-state index in [1.165, 1.54) is 0 Å². The number of carbonyl (C=O) groups is 1. The molecule has 0 aliphatic carbocycles. The van der Waals surface area contributed by atoms with Crippen LogP contribution in [0.5, 0.6) is 0 Å². The van der Waals surface area contributed by atoms with E-state index in [0.29, 0.717) is 30.3 Å².